The highest BCUT2D eigenvalue weighted by atomic mass is 16.2. The van der Waals surface area contributed by atoms with Crippen molar-refractivity contribution in [2.45, 2.75) is 12.8 Å². The predicted molar refractivity (Wildman–Crippen MR) is 118 cm³/mol. The number of amides is 2. The molecule has 3 N–H and O–H groups in total. The van der Waals surface area contributed by atoms with Crippen LogP contribution in [-0.2, 0) is 11.8 Å². The summed E-state index contributed by atoms with van der Waals surface area (Å²) in [5.41, 5.74) is 7.93. The van der Waals surface area contributed by atoms with Crippen LogP contribution in [-0.4, -0.2) is 29.5 Å². The van der Waals surface area contributed by atoms with Gasteiger partial charge in [0.15, 0.2) is 0 Å². The number of para-hydroxylation sites is 1. The second-order valence-electron chi connectivity index (χ2n) is 7.64. The van der Waals surface area contributed by atoms with Gasteiger partial charge >= 0.3 is 0 Å². The van der Waals surface area contributed by atoms with Crippen LogP contribution in [0.15, 0.2) is 59.4 Å². The fourth-order valence-corrected chi connectivity index (χ4v) is 3.97. The minimum atomic E-state index is -0.320. The molecule has 154 valence electrons. The number of benzene rings is 2. The summed E-state index contributed by atoms with van der Waals surface area (Å²) >= 11 is 0. The molecule has 2 amide bonds. The van der Waals surface area contributed by atoms with Crippen LogP contribution in [0.4, 0.5) is 11.4 Å². The Morgan fingerprint density at radius 2 is 1.70 bits per heavy atom. The highest BCUT2D eigenvalue weighted by Crippen LogP contribution is 2.25. The lowest BCUT2D eigenvalue weighted by atomic mass is 9.96. The third-order valence-corrected chi connectivity index (χ3v) is 5.79. The van der Waals surface area contributed by atoms with Crippen LogP contribution in [0.3, 0.4) is 0 Å². The molecule has 2 aromatic carbocycles. The van der Waals surface area contributed by atoms with E-state index in [1.54, 1.807) is 7.05 Å². The number of nitrogens with two attached hydrogens (primary N) is 1. The van der Waals surface area contributed by atoms with Gasteiger partial charge in [0.2, 0.25) is 5.91 Å². The van der Waals surface area contributed by atoms with E-state index in [-0.39, 0.29) is 23.3 Å². The summed E-state index contributed by atoms with van der Waals surface area (Å²) in [5, 5.41) is 3.61. The fraction of sp³-hybridized carbons (Fsp3) is 0.261. The summed E-state index contributed by atoms with van der Waals surface area (Å²) in [6.07, 6.45) is 1.51. The molecule has 1 aliphatic heterocycles. The van der Waals surface area contributed by atoms with E-state index in [9.17, 15) is 14.4 Å². The molecule has 1 aliphatic rings. The molecule has 1 fully saturated rings. The highest BCUT2D eigenvalue weighted by Gasteiger charge is 2.23. The zero-order valence-corrected chi connectivity index (χ0v) is 16.8. The number of hydrogen-bond acceptors (Lipinski definition) is 4. The van der Waals surface area contributed by atoms with Crippen molar-refractivity contribution in [3.05, 3.63) is 70.5 Å². The van der Waals surface area contributed by atoms with E-state index in [1.165, 1.54) is 10.6 Å². The van der Waals surface area contributed by atoms with Crippen molar-refractivity contribution in [1.29, 1.82) is 0 Å². The van der Waals surface area contributed by atoms with E-state index in [2.05, 4.69) is 10.2 Å². The molecule has 0 spiro atoms. The van der Waals surface area contributed by atoms with Crippen LogP contribution in [0, 0.1) is 5.92 Å². The van der Waals surface area contributed by atoms with Gasteiger partial charge in [0, 0.05) is 48.9 Å². The van der Waals surface area contributed by atoms with E-state index in [0.717, 1.165) is 37.0 Å². The molecule has 0 radical (unpaired) electrons. The topological polar surface area (TPSA) is 97.4 Å². The summed E-state index contributed by atoms with van der Waals surface area (Å²) in [7, 11) is 1.69. The van der Waals surface area contributed by atoms with Gasteiger partial charge in [-0.3, -0.25) is 14.4 Å². The number of fused-ring (bicyclic) bond motifs is 1. The summed E-state index contributed by atoms with van der Waals surface area (Å²) in [4.78, 5) is 38.6. The van der Waals surface area contributed by atoms with Gasteiger partial charge in [-0.05, 0) is 43.2 Å². The standard InChI is InChI=1S/C23H24N4O3/c1-26-20-5-3-2-4-18(20)19(14-21(26)28)23(30)25-16-6-8-17(9-7-16)27-12-10-15(11-13-27)22(24)29/h2-9,14-15H,10-13H2,1H3,(H2,24,29)(H,25,30). The van der Waals surface area contributed by atoms with Crippen LogP contribution in [0.5, 0.6) is 0 Å². The molecule has 3 aromatic rings. The number of anilines is 2. The van der Waals surface area contributed by atoms with Crippen LogP contribution in [0.2, 0.25) is 0 Å². The third-order valence-electron chi connectivity index (χ3n) is 5.79. The van der Waals surface area contributed by atoms with Gasteiger partial charge in [0.1, 0.15) is 0 Å². The number of nitrogens with one attached hydrogen (secondary N) is 1. The van der Waals surface area contributed by atoms with Crippen LogP contribution >= 0.6 is 0 Å². The number of pyridine rings is 1. The quantitative estimate of drug-likeness (QED) is 0.698. The normalized spacial score (nSPS) is 14.6. The number of piperidine rings is 1. The molecule has 30 heavy (non-hydrogen) atoms. The first-order valence-corrected chi connectivity index (χ1v) is 9.98. The first-order valence-electron chi connectivity index (χ1n) is 9.98. The number of primary amides is 1. The van der Waals surface area contributed by atoms with Crippen LogP contribution in [0.1, 0.15) is 23.2 Å². The molecule has 0 atom stereocenters. The second kappa shape index (κ2) is 8.02. The van der Waals surface area contributed by atoms with E-state index in [0.29, 0.717) is 16.8 Å². The summed E-state index contributed by atoms with van der Waals surface area (Å²) in [5.74, 6) is -0.594. The average molecular weight is 404 g/mol. The monoisotopic (exact) mass is 404 g/mol. The minimum Gasteiger partial charge on any atom is -0.371 e. The maximum Gasteiger partial charge on any atom is 0.256 e. The molecule has 0 unspecified atom stereocenters. The number of carbonyl (C=O) groups is 2. The lowest BCUT2D eigenvalue weighted by molar-refractivity contribution is -0.122. The zero-order chi connectivity index (χ0) is 21.3. The summed E-state index contributed by atoms with van der Waals surface area (Å²) < 4.78 is 1.53. The number of aromatic nitrogens is 1. The van der Waals surface area contributed by atoms with Gasteiger partial charge in [-0.2, -0.15) is 0 Å². The van der Waals surface area contributed by atoms with Crippen LogP contribution < -0.4 is 21.5 Å². The Morgan fingerprint density at radius 3 is 2.37 bits per heavy atom. The van der Waals surface area contributed by atoms with E-state index in [4.69, 9.17) is 5.73 Å². The molecule has 1 aromatic heterocycles. The molecule has 7 nitrogen and oxygen atoms in total. The second-order valence-corrected chi connectivity index (χ2v) is 7.64. The van der Waals surface area contributed by atoms with E-state index in [1.807, 2.05) is 48.5 Å². The van der Waals surface area contributed by atoms with Crippen molar-refractivity contribution in [1.82, 2.24) is 4.57 Å². The molecule has 0 saturated carbocycles. The molecular formula is C23H24N4O3. The zero-order valence-electron chi connectivity index (χ0n) is 16.8. The Kier molecular flexibility index (Phi) is 5.27. The smallest absolute Gasteiger partial charge is 0.256 e. The van der Waals surface area contributed by atoms with Crippen molar-refractivity contribution in [3.8, 4) is 0 Å². The first kappa shape index (κ1) is 19.7. The number of rotatable bonds is 4. The first-order chi connectivity index (χ1) is 14.4. The van der Waals surface area contributed by atoms with Crippen molar-refractivity contribution < 1.29 is 9.59 Å². The third kappa shape index (κ3) is 3.78. The maximum absolute atomic E-state index is 12.9. The van der Waals surface area contributed by atoms with Gasteiger partial charge in [-0.25, -0.2) is 0 Å². The molecule has 4 rings (SSSR count). The van der Waals surface area contributed by atoms with Gasteiger partial charge in [-0.15, -0.1) is 0 Å². The Balaban J connectivity index is 1.50. The van der Waals surface area contributed by atoms with Gasteiger partial charge in [-0.1, -0.05) is 18.2 Å². The fourth-order valence-electron chi connectivity index (χ4n) is 3.97. The maximum atomic E-state index is 12.9. The average Bonchev–Trinajstić information content (AvgIpc) is 2.77. The summed E-state index contributed by atoms with van der Waals surface area (Å²) in [6.45, 7) is 1.55. The number of aryl methyl sites for hydroxylation is 1. The lowest BCUT2D eigenvalue weighted by Crippen LogP contribution is -2.38. The SMILES string of the molecule is Cn1c(=O)cc(C(=O)Nc2ccc(N3CCC(C(N)=O)CC3)cc2)c2ccccc21. The molecule has 2 heterocycles. The molecule has 0 aliphatic carbocycles. The lowest BCUT2D eigenvalue weighted by Gasteiger charge is -2.32. The van der Waals surface area contributed by atoms with E-state index >= 15 is 0 Å². The van der Waals surface area contributed by atoms with Crippen molar-refractivity contribution >= 4 is 34.1 Å². The molecule has 1 saturated heterocycles. The summed E-state index contributed by atoms with van der Waals surface area (Å²) in [6, 6.07) is 16.3. The Labute approximate surface area is 174 Å². The molecular weight excluding hydrogens is 380 g/mol. The van der Waals surface area contributed by atoms with Gasteiger partial charge in [0.05, 0.1) is 11.1 Å². The van der Waals surface area contributed by atoms with Crippen molar-refractivity contribution in [2.75, 3.05) is 23.3 Å². The number of hydrogen-bond donors (Lipinski definition) is 2. The minimum absolute atomic E-state index is 0.0480. The largest absolute Gasteiger partial charge is 0.371 e. The Hall–Kier alpha value is -3.61. The number of nitrogens with zero attached hydrogens (tertiary/aromatic N) is 2. The Bertz CT molecular complexity index is 1160. The predicted octanol–water partition coefficient (Wildman–Crippen LogP) is 2.49. The van der Waals surface area contributed by atoms with E-state index < -0.39 is 0 Å². The van der Waals surface area contributed by atoms with Crippen molar-refractivity contribution in [3.63, 3.8) is 0 Å². The molecule has 0 bridgehead atoms. The number of carbonyl (C=O) groups excluding carboxylic acids is 2. The van der Waals surface area contributed by atoms with Crippen molar-refractivity contribution in [2.24, 2.45) is 18.7 Å². The molecule has 7 heteroatoms. The Morgan fingerprint density at radius 1 is 1.03 bits per heavy atom. The van der Waals surface area contributed by atoms with Gasteiger partial charge < -0.3 is 20.5 Å². The highest BCUT2D eigenvalue weighted by molar-refractivity contribution is 6.12. The van der Waals surface area contributed by atoms with Crippen LogP contribution in [0.25, 0.3) is 10.9 Å². The van der Waals surface area contributed by atoms with Gasteiger partial charge in [0.25, 0.3) is 11.5 Å².